The second kappa shape index (κ2) is 7.68. The number of anilines is 1. The van der Waals surface area contributed by atoms with Crippen molar-refractivity contribution in [3.05, 3.63) is 48.5 Å². The molecule has 1 amide bonds. The van der Waals surface area contributed by atoms with Gasteiger partial charge in [0.05, 0.1) is 11.4 Å². The summed E-state index contributed by atoms with van der Waals surface area (Å²) in [5.74, 6) is 2.50. The number of fused-ring (bicyclic) bond motifs is 2. The number of carbonyl (C=O) groups excluding carboxylic acids is 1. The van der Waals surface area contributed by atoms with Gasteiger partial charge in [-0.3, -0.25) is 9.20 Å². The molecule has 0 aliphatic carbocycles. The molecule has 0 spiro atoms. The van der Waals surface area contributed by atoms with Crippen molar-refractivity contribution in [2.24, 2.45) is 0 Å². The molecule has 0 bridgehead atoms. The van der Waals surface area contributed by atoms with Gasteiger partial charge in [-0.25, -0.2) is 9.97 Å². The molecule has 5 rings (SSSR count). The van der Waals surface area contributed by atoms with Gasteiger partial charge in [0, 0.05) is 42.3 Å². The molecule has 3 N–H and O–H groups in total. The van der Waals surface area contributed by atoms with Crippen molar-refractivity contribution in [2.45, 2.75) is 18.8 Å². The molecule has 1 fully saturated rings. The number of likely N-dealkylation sites (tertiary alicyclic amines) is 1. The van der Waals surface area contributed by atoms with E-state index in [1.165, 1.54) is 0 Å². The van der Waals surface area contributed by atoms with Crippen molar-refractivity contribution < 1.29 is 4.79 Å². The first kappa shape index (κ1) is 19.0. The summed E-state index contributed by atoms with van der Waals surface area (Å²) in [6.07, 6.45) is 7.41. The van der Waals surface area contributed by atoms with Crippen LogP contribution in [0, 0.1) is 0 Å². The van der Waals surface area contributed by atoms with E-state index in [1.54, 1.807) is 18.0 Å². The summed E-state index contributed by atoms with van der Waals surface area (Å²) in [7, 11) is 0. The van der Waals surface area contributed by atoms with E-state index in [0.29, 0.717) is 11.6 Å². The van der Waals surface area contributed by atoms with E-state index in [2.05, 4.69) is 32.6 Å². The fourth-order valence-electron chi connectivity index (χ4n) is 4.37. The molecule has 30 heavy (non-hydrogen) atoms. The van der Waals surface area contributed by atoms with Gasteiger partial charge < -0.3 is 15.6 Å². The third kappa shape index (κ3) is 3.21. The molecule has 4 aromatic rings. The fourth-order valence-corrected chi connectivity index (χ4v) is 4.80. The van der Waals surface area contributed by atoms with E-state index < -0.39 is 0 Å². The van der Waals surface area contributed by atoms with Crippen molar-refractivity contribution in [1.82, 2.24) is 24.3 Å². The minimum atomic E-state index is 0.223. The van der Waals surface area contributed by atoms with Gasteiger partial charge in [0.1, 0.15) is 22.9 Å². The molecule has 8 heteroatoms. The molecule has 0 radical (unpaired) electrons. The molecule has 7 nitrogen and oxygen atoms in total. The van der Waals surface area contributed by atoms with E-state index in [0.717, 1.165) is 59.6 Å². The Morgan fingerprint density at radius 2 is 2.10 bits per heavy atom. The predicted octanol–water partition coefficient (Wildman–Crippen LogP) is 3.53. The third-order valence-electron chi connectivity index (χ3n) is 5.88. The average Bonchev–Trinajstić information content (AvgIpc) is 3.36. The van der Waals surface area contributed by atoms with Crippen LogP contribution in [-0.2, 0) is 4.79 Å². The van der Waals surface area contributed by atoms with Crippen LogP contribution in [-0.4, -0.2) is 55.3 Å². The zero-order chi connectivity index (χ0) is 20.7. The SMILES string of the molecule is CSCC(=O)N1CCC(c2nc(-c3cc4ccccc4[nH]3)c3c(N)nccn23)CC1. The first-order chi connectivity index (χ1) is 14.7. The van der Waals surface area contributed by atoms with Gasteiger partial charge >= 0.3 is 0 Å². The number of piperidine rings is 1. The van der Waals surface area contributed by atoms with Crippen LogP contribution in [0.15, 0.2) is 42.7 Å². The number of aromatic amines is 1. The minimum absolute atomic E-state index is 0.223. The Balaban J connectivity index is 1.53. The fraction of sp³-hybridized carbons (Fsp3) is 0.318. The highest BCUT2D eigenvalue weighted by atomic mass is 32.2. The number of aromatic nitrogens is 4. The number of nitrogen functional groups attached to an aromatic ring is 1. The first-order valence-corrected chi connectivity index (χ1v) is 11.5. The number of hydrogen-bond donors (Lipinski definition) is 2. The van der Waals surface area contributed by atoms with E-state index in [9.17, 15) is 4.79 Å². The maximum Gasteiger partial charge on any atom is 0.232 e. The Labute approximate surface area is 178 Å². The van der Waals surface area contributed by atoms with Crippen molar-refractivity contribution in [3.8, 4) is 11.4 Å². The lowest BCUT2D eigenvalue weighted by Crippen LogP contribution is -2.39. The predicted molar refractivity (Wildman–Crippen MR) is 122 cm³/mol. The molecule has 1 aromatic carbocycles. The highest BCUT2D eigenvalue weighted by Gasteiger charge is 2.28. The van der Waals surface area contributed by atoms with Gasteiger partial charge in [-0.2, -0.15) is 11.8 Å². The van der Waals surface area contributed by atoms with Crippen LogP contribution in [0.3, 0.4) is 0 Å². The van der Waals surface area contributed by atoms with Gasteiger partial charge in [0.15, 0.2) is 0 Å². The largest absolute Gasteiger partial charge is 0.382 e. The number of nitrogens with one attached hydrogen (secondary N) is 1. The number of rotatable bonds is 4. The number of para-hydroxylation sites is 1. The van der Waals surface area contributed by atoms with Crippen LogP contribution in [0.4, 0.5) is 5.82 Å². The number of carbonyl (C=O) groups is 1. The highest BCUT2D eigenvalue weighted by molar-refractivity contribution is 7.99. The summed E-state index contributed by atoms with van der Waals surface area (Å²) >= 11 is 1.57. The Morgan fingerprint density at radius 3 is 2.87 bits per heavy atom. The molecule has 154 valence electrons. The lowest BCUT2D eigenvalue weighted by Gasteiger charge is -2.31. The molecule has 1 aliphatic heterocycles. The van der Waals surface area contributed by atoms with Gasteiger partial charge in [-0.05, 0) is 31.2 Å². The summed E-state index contributed by atoms with van der Waals surface area (Å²) in [6, 6.07) is 10.3. The number of thioether (sulfide) groups is 1. The maximum absolute atomic E-state index is 12.2. The number of hydrogen-bond acceptors (Lipinski definition) is 5. The molecular formula is C22H24N6OS. The lowest BCUT2D eigenvalue weighted by atomic mass is 9.96. The van der Waals surface area contributed by atoms with Crippen LogP contribution >= 0.6 is 11.8 Å². The zero-order valence-corrected chi connectivity index (χ0v) is 17.7. The first-order valence-electron chi connectivity index (χ1n) is 10.1. The van der Waals surface area contributed by atoms with Gasteiger partial charge in [0.2, 0.25) is 5.91 Å². The van der Waals surface area contributed by atoms with Gasteiger partial charge in [0.25, 0.3) is 0 Å². The summed E-state index contributed by atoms with van der Waals surface area (Å²) < 4.78 is 2.08. The number of imidazole rings is 1. The summed E-state index contributed by atoms with van der Waals surface area (Å²) in [4.78, 5) is 27.0. The van der Waals surface area contributed by atoms with Crippen molar-refractivity contribution in [1.29, 1.82) is 0 Å². The summed E-state index contributed by atoms with van der Waals surface area (Å²) in [5, 5.41) is 1.14. The maximum atomic E-state index is 12.2. The number of H-pyrrole nitrogens is 1. The van der Waals surface area contributed by atoms with Crippen LogP contribution in [0.1, 0.15) is 24.6 Å². The Hall–Kier alpha value is -3.00. The Morgan fingerprint density at radius 1 is 1.30 bits per heavy atom. The Bertz CT molecular complexity index is 1190. The molecule has 0 atom stereocenters. The molecule has 1 aliphatic rings. The lowest BCUT2D eigenvalue weighted by molar-refractivity contribution is -0.129. The van der Waals surface area contributed by atoms with E-state index in [-0.39, 0.29) is 11.8 Å². The van der Waals surface area contributed by atoms with Crippen LogP contribution in [0.2, 0.25) is 0 Å². The van der Waals surface area contributed by atoms with Crippen LogP contribution < -0.4 is 5.73 Å². The van der Waals surface area contributed by atoms with E-state index in [1.807, 2.05) is 29.5 Å². The standard InChI is InChI=1S/C22H24N6OS/c1-30-13-18(29)27-9-6-14(7-10-27)22-26-19(20-21(23)24-8-11-28(20)22)17-12-15-4-2-3-5-16(15)25-17/h2-5,8,11-12,14,25H,6-7,9-10,13H2,1H3,(H2,23,24). The monoisotopic (exact) mass is 420 g/mol. The van der Waals surface area contributed by atoms with E-state index >= 15 is 0 Å². The molecule has 3 aromatic heterocycles. The normalized spacial score (nSPS) is 15.3. The topological polar surface area (TPSA) is 92.3 Å². The molecular weight excluding hydrogens is 396 g/mol. The average molecular weight is 421 g/mol. The summed E-state index contributed by atoms with van der Waals surface area (Å²) in [6.45, 7) is 1.53. The quantitative estimate of drug-likeness (QED) is 0.527. The summed E-state index contributed by atoms with van der Waals surface area (Å²) in [5.41, 5.74) is 9.95. The van der Waals surface area contributed by atoms with Crippen molar-refractivity contribution in [2.75, 3.05) is 30.8 Å². The molecule has 0 unspecified atom stereocenters. The Kier molecular flexibility index (Phi) is 4.86. The molecule has 4 heterocycles. The number of nitrogens with two attached hydrogens (primary N) is 1. The van der Waals surface area contributed by atoms with E-state index in [4.69, 9.17) is 10.7 Å². The minimum Gasteiger partial charge on any atom is -0.382 e. The number of nitrogens with zero attached hydrogens (tertiary/aromatic N) is 4. The number of benzene rings is 1. The zero-order valence-electron chi connectivity index (χ0n) is 16.8. The van der Waals surface area contributed by atoms with Gasteiger partial charge in [-0.15, -0.1) is 0 Å². The smallest absolute Gasteiger partial charge is 0.232 e. The highest BCUT2D eigenvalue weighted by Crippen LogP contribution is 2.35. The molecule has 1 saturated heterocycles. The van der Waals surface area contributed by atoms with Crippen LogP contribution in [0.5, 0.6) is 0 Å². The second-order valence-electron chi connectivity index (χ2n) is 7.71. The van der Waals surface area contributed by atoms with Crippen LogP contribution in [0.25, 0.3) is 27.8 Å². The van der Waals surface area contributed by atoms with Crippen molar-refractivity contribution >= 4 is 39.9 Å². The third-order valence-corrected chi connectivity index (χ3v) is 6.41. The van der Waals surface area contributed by atoms with Gasteiger partial charge in [-0.1, -0.05) is 18.2 Å². The number of amides is 1. The molecule has 0 saturated carbocycles. The van der Waals surface area contributed by atoms with Crippen molar-refractivity contribution in [3.63, 3.8) is 0 Å². The second-order valence-corrected chi connectivity index (χ2v) is 8.57.